The first-order valence-corrected chi connectivity index (χ1v) is 3.64. The Hall–Kier alpha value is -0.300. The van der Waals surface area contributed by atoms with Gasteiger partial charge in [0, 0.05) is 0 Å². The first-order valence-electron chi connectivity index (χ1n) is 3.64. The van der Waals surface area contributed by atoms with Crippen LogP contribution in [0, 0.1) is 5.92 Å². The van der Waals surface area contributed by atoms with Gasteiger partial charge in [-0.2, -0.15) is 0 Å². The zero-order chi connectivity index (χ0) is 6.69. The molecule has 2 atom stereocenters. The molecule has 1 aliphatic carbocycles. The van der Waals surface area contributed by atoms with E-state index in [1.807, 2.05) is 6.92 Å². The third-order valence-corrected chi connectivity index (χ3v) is 1.91. The molecule has 0 aliphatic heterocycles. The molecule has 1 rings (SSSR count). The van der Waals surface area contributed by atoms with Gasteiger partial charge in [0.1, 0.15) is 0 Å². The van der Waals surface area contributed by atoms with Crippen molar-refractivity contribution in [2.45, 2.75) is 32.3 Å². The van der Waals surface area contributed by atoms with Gasteiger partial charge in [0.15, 0.2) is 0 Å². The summed E-state index contributed by atoms with van der Waals surface area (Å²) in [5.41, 5.74) is 0. The number of hydrogen-bond acceptors (Lipinski definition) is 1. The van der Waals surface area contributed by atoms with Crippen molar-refractivity contribution in [1.29, 1.82) is 0 Å². The number of hydrogen-bond donors (Lipinski definition) is 1. The van der Waals surface area contributed by atoms with Crippen molar-refractivity contribution in [1.82, 2.24) is 0 Å². The van der Waals surface area contributed by atoms with E-state index < -0.39 is 0 Å². The first-order chi connectivity index (χ1) is 4.33. The van der Waals surface area contributed by atoms with E-state index in [0.29, 0.717) is 5.92 Å². The molecule has 0 amide bonds. The molecule has 1 saturated carbocycles. The topological polar surface area (TPSA) is 20.2 Å². The van der Waals surface area contributed by atoms with Crippen LogP contribution in [0.1, 0.15) is 26.2 Å². The van der Waals surface area contributed by atoms with Crippen molar-refractivity contribution in [3.8, 4) is 0 Å². The van der Waals surface area contributed by atoms with E-state index in [-0.39, 0.29) is 6.10 Å². The lowest BCUT2D eigenvalue weighted by Crippen LogP contribution is -1.97. The lowest BCUT2D eigenvalue weighted by atomic mass is 10.1. The van der Waals surface area contributed by atoms with Crippen LogP contribution < -0.4 is 0 Å². The predicted molar refractivity (Wildman–Crippen MR) is 38.2 cm³/mol. The summed E-state index contributed by atoms with van der Waals surface area (Å²) in [4.78, 5) is 0. The summed E-state index contributed by atoms with van der Waals surface area (Å²) < 4.78 is 0. The summed E-state index contributed by atoms with van der Waals surface area (Å²) in [5.74, 6) is 0.657. The van der Waals surface area contributed by atoms with Gasteiger partial charge in [0.2, 0.25) is 0 Å². The van der Waals surface area contributed by atoms with Gasteiger partial charge >= 0.3 is 0 Å². The average Bonchev–Trinajstić information content (AvgIpc) is 2.17. The molecular formula is C8H14O. The van der Waals surface area contributed by atoms with Crippen LogP contribution in [0.2, 0.25) is 0 Å². The highest BCUT2D eigenvalue weighted by atomic mass is 16.3. The van der Waals surface area contributed by atoms with E-state index in [1.54, 1.807) is 0 Å². The van der Waals surface area contributed by atoms with E-state index >= 15 is 0 Å². The van der Waals surface area contributed by atoms with Crippen LogP contribution in [0.25, 0.3) is 0 Å². The van der Waals surface area contributed by atoms with Crippen molar-refractivity contribution in [3.05, 3.63) is 12.2 Å². The Kier molecular flexibility index (Phi) is 2.29. The summed E-state index contributed by atoms with van der Waals surface area (Å²) in [6, 6.07) is 0. The fraction of sp³-hybridized carbons (Fsp3) is 0.750. The molecule has 52 valence electrons. The molecule has 0 bridgehead atoms. The molecule has 1 heteroatoms. The van der Waals surface area contributed by atoms with Gasteiger partial charge in [-0.15, -0.1) is 0 Å². The van der Waals surface area contributed by atoms with Crippen LogP contribution in [0.5, 0.6) is 0 Å². The van der Waals surface area contributed by atoms with Crippen LogP contribution in [0.4, 0.5) is 0 Å². The monoisotopic (exact) mass is 126 g/mol. The Morgan fingerprint density at radius 1 is 1.44 bits per heavy atom. The smallest absolute Gasteiger partial charge is 0.0546 e. The molecule has 0 spiro atoms. The van der Waals surface area contributed by atoms with E-state index in [2.05, 4.69) is 12.2 Å². The van der Waals surface area contributed by atoms with Gasteiger partial charge in [0.05, 0.1) is 6.10 Å². The molecule has 1 nitrogen and oxygen atoms in total. The molecule has 0 radical (unpaired) electrons. The summed E-state index contributed by atoms with van der Waals surface area (Å²) in [7, 11) is 0. The molecule has 1 aliphatic rings. The van der Waals surface area contributed by atoms with E-state index in [9.17, 15) is 0 Å². The summed E-state index contributed by atoms with van der Waals surface area (Å²) in [5, 5.41) is 9.09. The van der Waals surface area contributed by atoms with Gasteiger partial charge in [-0.1, -0.05) is 12.2 Å². The Labute approximate surface area is 56.4 Å². The second kappa shape index (κ2) is 3.02. The van der Waals surface area contributed by atoms with E-state index in [4.69, 9.17) is 5.11 Å². The molecule has 0 heterocycles. The van der Waals surface area contributed by atoms with Crippen molar-refractivity contribution in [3.63, 3.8) is 0 Å². The average molecular weight is 126 g/mol. The van der Waals surface area contributed by atoms with E-state index in [0.717, 1.165) is 12.8 Å². The van der Waals surface area contributed by atoms with Gasteiger partial charge in [-0.3, -0.25) is 0 Å². The first kappa shape index (κ1) is 6.81. The zero-order valence-electron chi connectivity index (χ0n) is 5.88. The Morgan fingerprint density at radius 2 is 2.22 bits per heavy atom. The Morgan fingerprint density at radius 3 is 2.67 bits per heavy atom. The van der Waals surface area contributed by atoms with Crippen LogP contribution in [0.3, 0.4) is 0 Å². The molecule has 1 fully saturated rings. The SMILES string of the molecule is C/C=C/[C@@H]1CC[C@H](O)C1. The maximum Gasteiger partial charge on any atom is 0.0546 e. The molecule has 0 aromatic rings. The Balaban J connectivity index is 2.30. The van der Waals surface area contributed by atoms with Crippen LogP contribution in [-0.4, -0.2) is 11.2 Å². The number of aliphatic hydroxyl groups excluding tert-OH is 1. The predicted octanol–water partition coefficient (Wildman–Crippen LogP) is 1.72. The highest BCUT2D eigenvalue weighted by Gasteiger charge is 2.19. The molecule has 0 aromatic heterocycles. The molecular weight excluding hydrogens is 112 g/mol. The standard InChI is InChI=1S/C8H14O/c1-2-3-7-4-5-8(9)6-7/h2-3,7-9H,4-6H2,1H3/b3-2+/t7-,8+/m1/s1. The summed E-state index contributed by atoms with van der Waals surface area (Å²) >= 11 is 0. The third-order valence-electron chi connectivity index (χ3n) is 1.91. The Bertz CT molecular complexity index is 107. The quantitative estimate of drug-likeness (QED) is 0.530. The maximum atomic E-state index is 9.09. The molecule has 9 heavy (non-hydrogen) atoms. The van der Waals surface area contributed by atoms with Crippen molar-refractivity contribution in [2.75, 3.05) is 0 Å². The second-order valence-electron chi connectivity index (χ2n) is 2.75. The maximum absolute atomic E-state index is 9.09. The minimum atomic E-state index is -0.0220. The molecule has 1 N–H and O–H groups in total. The van der Waals surface area contributed by atoms with Crippen molar-refractivity contribution >= 4 is 0 Å². The number of rotatable bonds is 1. The number of allylic oxidation sites excluding steroid dienone is 2. The van der Waals surface area contributed by atoms with E-state index in [1.165, 1.54) is 6.42 Å². The fourth-order valence-electron chi connectivity index (χ4n) is 1.44. The van der Waals surface area contributed by atoms with Gasteiger partial charge in [-0.25, -0.2) is 0 Å². The van der Waals surface area contributed by atoms with Crippen LogP contribution in [-0.2, 0) is 0 Å². The largest absolute Gasteiger partial charge is 0.393 e. The highest BCUT2D eigenvalue weighted by Crippen LogP contribution is 2.25. The van der Waals surface area contributed by atoms with Gasteiger partial charge in [-0.05, 0) is 32.1 Å². The summed E-state index contributed by atoms with van der Waals surface area (Å²) in [6.07, 6.45) is 7.38. The fourth-order valence-corrected chi connectivity index (χ4v) is 1.44. The van der Waals surface area contributed by atoms with Crippen molar-refractivity contribution in [2.24, 2.45) is 5.92 Å². The minimum Gasteiger partial charge on any atom is -0.393 e. The lowest BCUT2D eigenvalue weighted by molar-refractivity contribution is 0.180. The van der Waals surface area contributed by atoms with Gasteiger partial charge in [0.25, 0.3) is 0 Å². The second-order valence-corrected chi connectivity index (χ2v) is 2.75. The highest BCUT2D eigenvalue weighted by molar-refractivity contribution is 4.90. The lowest BCUT2D eigenvalue weighted by Gasteiger charge is -1.99. The van der Waals surface area contributed by atoms with Crippen LogP contribution >= 0.6 is 0 Å². The molecule has 0 aromatic carbocycles. The molecule has 0 saturated heterocycles. The van der Waals surface area contributed by atoms with Crippen LogP contribution in [0.15, 0.2) is 12.2 Å². The van der Waals surface area contributed by atoms with Crippen molar-refractivity contribution < 1.29 is 5.11 Å². The molecule has 0 unspecified atom stereocenters. The normalized spacial score (nSPS) is 36.2. The van der Waals surface area contributed by atoms with Gasteiger partial charge < -0.3 is 5.11 Å². The summed E-state index contributed by atoms with van der Waals surface area (Å²) in [6.45, 7) is 2.03. The number of aliphatic hydroxyl groups is 1. The minimum absolute atomic E-state index is 0.0220. The zero-order valence-corrected chi connectivity index (χ0v) is 5.88. The third kappa shape index (κ3) is 1.83.